The van der Waals surface area contributed by atoms with Crippen LogP contribution in [0.15, 0.2) is 78.9 Å². The lowest BCUT2D eigenvalue weighted by Gasteiger charge is -2.23. The number of rotatable bonds is 9. The maximum absolute atomic E-state index is 13.0. The van der Waals surface area contributed by atoms with Crippen LogP contribution in [0.5, 0.6) is 11.5 Å². The fourth-order valence-corrected chi connectivity index (χ4v) is 3.27. The molecule has 0 radical (unpaired) electrons. The van der Waals surface area contributed by atoms with Crippen molar-refractivity contribution in [2.24, 2.45) is 0 Å². The molecule has 0 spiro atoms. The predicted octanol–water partition coefficient (Wildman–Crippen LogP) is 4.80. The van der Waals surface area contributed by atoms with Gasteiger partial charge in [-0.2, -0.15) is 0 Å². The van der Waals surface area contributed by atoms with Crippen LogP contribution in [-0.2, 0) is 4.79 Å². The molecule has 0 saturated heterocycles. The molecule has 0 aliphatic carbocycles. The van der Waals surface area contributed by atoms with Gasteiger partial charge in [0.25, 0.3) is 0 Å². The molecule has 156 valence electrons. The van der Waals surface area contributed by atoms with E-state index >= 15 is 0 Å². The van der Waals surface area contributed by atoms with E-state index in [1.165, 1.54) is 0 Å². The molecule has 3 aromatic carbocycles. The van der Waals surface area contributed by atoms with E-state index in [1.807, 2.05) is 92.7 Å². The van der Waals surface area contributed by atoms with Crippen LogP contribution in [0.3, 0.4) is 0 Å². The second-order valence-electron chi connectivity index (χ2n) is 6.93. The standard InChI is InChI=1S/C25H28N2O3/c1-4-30-22-16-15-21(17-23(22)29-3)26-18(2)25(28)27-24(19-11-7-5-8-12-19)20-13-9-6-10-14-20/h5-18,24,26H,4H2,1-3H3,(H,27,28)/t18-/m1/s1. The van der Waals surface area contributed by atoms with Crippen LogP contribution in [0.2, 0.25) is 0 Å². The lowest BCUT2D eigenvalue weighted by molar-refractivity contribution is -0.122. The van der Waals surface area contributed by atoms with Crippen molar-refractivity contribution in [1.82, 2.24) is 5.32 Å². The first-order valence-corrected chi connectivity index (χ1v) is 10.1. The average molecular weight is 405 g/mol. The summed E-state index contributed by atoms with van der Waals surface area (Å²) < 4.78 is 10.9. The van der Waals surface area contributed by atoms with Gasteiger partial charge in [-0.05, 0) is 37.1 Å². The van der Waals surface area contributed by atoms with Crippen molar-refractivity contribution in [2.75, 3.05) is 19.0 Å². The largest absolute Gasteiger partial charge is 0.493 e. The second-order valence-corrected chi connectivity index (χ2v) is 6.93. The van der Waals surface area contributed by atoms with Gasteiger partial charge in [-0.3, -0.25) is 4.79 Å². The molecule has 0 aliphatic heterocycles. The van der Waals surface area contributed by atoms with Crippen LogP contribution in [0.4, 0.5) is 5.69 Å². The zero-order valence-electron chi connectivity index (χ0n) is 17.6. The molecular weight excluding hydrogens is 376 g/mol. The van der Waals surface area contributed by atoms with E-state index in [4.69, 9.17) is 9.47 Å². The van der Waals surface area contributed by atoms with Crippen molar-refractivity contribution in [3.05, 3.63) is 90.0 Å². The first-order chi connectivity index (χ1) is 14.6. The Kier molecular flexibility index (Phi) is 7.33. The summed E-state index contributed by atoms with van der Waals surface area (Å²) in [5.74, 6) is 1.21. The summed E-state index contributed by atoms with van der Waals surface area (Å²) in [5, 5.41) is 6.42. The van der Waals surface area contributed by atoms with Gasteiger partial charge in [-0.1, -0.05) is 60.7 Å². The average Bonchev–Trinajstić information content (AvgIpc) is 2.79. The molecule has 0 bridgehead atoms. The van der Waals surface area contributed by atoms with E-state index in [2.05, 4.69) is 10.6 Å². The molecular formula is C25H28N2O3. The molecule has 0 heterocycles. The van der Waals surface area contributed by atoms with Gasteiger partial charge in [0.2, 0.25) is 5.91 Å². The normalized spacial score (nSPS) is 11.6. The molecule has 3 aromatic rings. The summed E-state index contributed by atoms with van der Waals surface area (Å²) in [6.07, 6.45) is 0. The smallest absolute Gasteiger partial charge is 0.242 e. The summed E-state index contributed by atoms with van der Waals surface area (Å²) >= 11 is 0. The quantitative estimate of drug-likeness (QED) is 0.538. The lowest BCUT2D eigenvalue weighted by Crippen LogP contribution is -2.40. The number of hydrogen-bond donors (Lipinski definition) is 2. The number of methoxy groups -OCH3 is 1. The van der Waals surface area contributed by atoms with E-state index < -0.39 is 6.04 Å². The third-order valence-electron chi connectivity index (χ3n) is 4.79. The SMILES string of the molecule is CCOc1ccc(N[C@H](C)C(=O)NC(c2ccccc2)c2ccccc2)cc1OC. The summed E-state index contributed by atoms with van der Waals surface area (Å²) in [7, 11) is 1.60. The number of hydrogen-bond acceptors (Lipinski definition) is 4. The van der Waals surface area contributed by atoms with Gasteiger partial charge in [-0.15, -0.1) is 0 Å². The number of nitrogens with one attached hydrogen (secondary N) is 2. The van der Waals surface area contributed by atoms with Crippen molar-refractivity contribution in [2.45, 2.75) is 25.9 Å². The highest BCUT2D eigenvalue weighted by atomic mass is 16.5. The molecule has 3 rings (SSSR count). The van der Waals surface area contributed by atoms with Crippen molar-refractivity contribution >= 4 is 11.6 Å². The predicted molar refractivity (Wildman–Crippen MR) is 120 cm³/mol. The van der Waals surface area contributed by atoms with E-state index in [0.29, 0.717) is 18.1 Å². The topological polar surface area (TPSA) is 59.6 Å². The Morgan fingerprint density at radius 3 is 2.03 bits per heavy atom. The second kappa shape index (κ2) is 10.3. The minimum absolute atomic E-state index is 0.0967. The molecule has 0 aliphatic rings. The Morgan fingerprint density at radius 1 is 0.900 bits per heavy atom. The Morgan fingerprint density at radius 2 is 1.50 bits per heavy atom. The molecule has 1 amide bonds. The van der Waals surface area contributed by atoms with Gasteiger partial charge in [0.1, 0.15) is 6.04 Å². The Bertz CT molecular complexity index is 906. The molecule has 1 atom stereocenters. The number of carbonyl (C=O) groups excluding carboxylic acids is 1. The summed E-state index contributed by atoms with van der Waals surface area (Å²) in [6.45, 7) is 4.32. The van der Waals surface area contributed by atoms with Gasteiger partial charge < -0.3 is 20.1 Å². The van der Waals surface area contributed by atoms with E-state index in [1.54, 1.807) is 7.11 Å². The summed E-state index contributed by atoms with van der Waals surface area (Å²) in [5.41, 5.74) is 2.85. The summed E-state index contributed by atoms with van der Waals surface area (Å²) in [4.78, 5) is 13.0. The molecule has 2 N–H and O–H groups in total. The van der Waals surface area contributed by atoms with Gasteiger partial charge in [0.15, 0.2) is 11.5 Å². The van der Waals surface area contributed by atoms with Crippen LogP contribution in [0.25, 0.3) is 0 Å². The van der Waals surface area contributed by atoms with Gasteiger partial charge in [0, 0.05) is 11.8 Å². The lowest BCUT2D eigenvalue weighted by atomic mass is 9.98. The highest BCUT2D eigenvalue weighted by molar-refractivity contribution is 5.85. The molecule has 0 unspecified atom stereocenters. The Hall–Kier alpha value is -3.47. The molecule has 5 nitrogen and oxygen atoms in total. The van der Waals surface area contributed by atoms with Crippen LogP contribution >= 0.6 is 0 Å². The van der Waals surface area contributed by atoms with Gasteiger partial charge >= 0.3 is 0 Å². The highest BCUT2D eigenvalue weighted by Gasteiger charge is 2.20. The Balaban J connectivity index is 1.74. The van der Waals surface area contributed by atoms with Crippen LogP contribution < -0.4 is 20.1 Å². The van der Waals surface area contributed by atoms with Crippen molar-refractivity contribution in [3.8, 4) is 11.5 Å². The van der Waals surface area contributed by atoms with E-state index in [0.717, 1.165) is 16.8 Å². The fourth-order valence-electron chi connectivity index (χ4n) is 3.27. The van der Waals surface area contributed by atoms with Gasteiger partial charge in [0.05, 0.1) is 19.8 Å². The number of ether oxygens (including phenoxy) is 2. The number of anilines is 1. The third-order valence-corrected chi connectivity index (χ3v) is 4.79. The third kappa shape index (κ3) is 5.32. The number of benzene rings is 3. The minimum Gasteiger partial charge on any atom is -0.493 e. The van der Waals surface area contributed by atoms with Crippen molar-refractivity contribution < 1.29 is 14.3 Å². The monoisotopic (exact) mass is 404 g/mol. The highest BCUT2D eigenvalue weighted by Crippen LogP contribution is 2.30. The van der Waals surface area contributed by atoms with E-state index in [-0.39, 0.29) is 11.9 Å². The first kappa shape index (κ1) is 21.2. The number of amides is 1. The zero-order valence-corrected chi connectivity index (χ0v) is 17.6. The van der Waals surface area contributed by atoms with E-state index in [9.17, 15) is 4.79 Å². The van der Waals surface area contributed by atoms with Crippen LogP contribution in [0.1, 0.15) is 31.0 Å². The maximum atomic E-state index is 13.0. The van der Waals surface area contributed by atoms with Crippen molar-refractivity contribution in [3.63, 3.8) is 0 Å². The first-order valence-electron chi connectivity index (χ1n) is 10.1. The molecule has 0 fully saturated rings. The number of carbonyl (C=O) groups is 1. The van der Waals surface area contributed by atoms with Crippen LogP contribution in [-0.4, -0.2) is 25.7 Å². The zero-order chi connectivity index (χ0) is 21.3. The Labute approximate surface area is 178 Å². The van der Waals surface area contributed by atoms with Crippen molar-refractivity contribution in [1.29, 1.82) is 0 Å². The maximum Gasteiger partial charge on any atom is 0.242 e. The molecule has 0 saturated carbocycles. The fraction of sp³-hybridized carbons (Fsp3) is 0.240. The van der Waals surface area contributed by atoms with Crippen LogP contribution in [0, 0.1) is 0 Å². The summed E-state index contributed by atoms with van der Waals surface area (Å²) in [6, 6.07) is 24.8. The van der Waals surface area contributed by atoms with Gasteiger partial charge in [-0.25, -0.2) is 0 Å². The molecule has 0 aromatic heterocycles. The molecule has 30 heavy (non-hydrogen) atoms. The minimum atomic E-state index is -0.442. The molecule has 5 heteroatoms.